The average Bonchev–Trinajstić information content (AvgIpc) is 2.81. The fraction of sp³-hybridized carbons (Fsp3) is 0.333. The highest BCUT2D eigenvalue weighted by molar-refractivity contribution is 5.96. The molecule has 96 valence electrons. The molecule has 0 aliphatic carbocycles. The number of anilines is 1. The van der Waals surface area contributed by atoms with Gasteiger partial charge < -0.3 is 15.5 Å². The molecule has 2 rings (SSSR count). The van der Waals surface area contributed by atoms with Crippen molar-refractivity contribution < 1.29 is 9.21 Å². The van der Waals surface area contributed by atoms with E-state index in [1.165, 1.54) is 0 Å². The van der Waals surface area contributed by atoms with Gasteiger partial charge in [0.1, 0.15) is 17.3 Å². The standard InChI is InChI=1S/C12H16N4O2/c1-6-7(2)18-8(3)10(6)12(17)14-4-9-5-15-16-11(9)13/h5H,4H2,1-3H3,(H,14,17)(H3,13,15,16). The van der Waals surface area contributed by atoms with Crippen molar-refractivity contribution in [3.63, 3.8) is 0 Å². The predicted octanol–water partition coefficient (Wildman–Crippen LogP) is 1.44. The zero-order chi connectivity index (χ0) is 13.3. The van der Waals surface area contributed by atoms with Crippen LogP contribution in [0.3, 0.4) is 0 Å². The molecule has 0 aliphatic rings. The van der Waals surface area contributed by atoms with Crippen LogP contribution in [-0.4, -0.2) is 16.1 Å². The molecule has 0 spiro atoms. The van der Waals surface area contributed by atoms with Gasteiger partial charge in [-0.2, -0.15) is 5.10 Å². The summed E-state index contributed by atoms with van der Waals surface area (Å²) in [5.41, 5.74) is 7.86. The van der Waals surface area contributed by atoms with Crippen molar-refractivity contribution >= 4 is 11.7 Å². The molecule has 4 N–H and O–H groups in total. The summed E-state index contributed by atoms with van der Waals surface area (Å²) in [6.07, 6.45) is 1.59. The minimum Gasteiger partial charge on any atom is -0.466 e. The maximum Gasteiger partial charge on any atom is 0.255 e. The molecule has 2 aromatic heterocycles. The minimum absolute atomic E-state index is 0.164. The van der Waals surface area contributed by atoms with Crippen molar-refractivity contribution in [2.45, 2.75) is 27.3 Å². The number of nitrogens with two attached hydrogens (primary N) is 1. The largest absolute Gasteiger partial charge is 0.466 e. The quantitative estimate of drug-likeness (QED) is 0.765. The first-order valence-electron chi connectivity index (χ1n) is 5.63. The van der Waals surface area contributed by atoms with Gasteiger partial charge in [0.15, 0.2) is 0 Å². The van der Waals surface area contributed by atoms with Gasteiger partial charge in [0, 0.05) is 17.7 Å². The summed E-state index contributed by atoms with van der Waals surface area (Å²) in [6, 6.07) is 0. The van der Waals surface area contributed by atoms with E-state index in [9.17, 15) is 4.79 Å². The molecule has 0 saturated carbocycles. The molecule has 0 aliphatic heterocycles. The molecule has 0 radical (unpaired) electrons. The lowest BCUT2D eigenvalue weighted by atomic mass is 10.1. The van der Waals surface area contributed by atoms with Gasteiger partial charge in [0.05, 0.1) is 11.8 Å². The molecule has 2 aromatic rings. The number of aryl methyl sites for hydroxylation is 2. The number of amides is 1. The topological polar surface area (TPSA) is 96.9 Å². The molecule has 18 heavy (non-hydrogen) atoms. The average molecular weight is 248 g/mol. The highest BCUT2D eigenvalue weighted by Gasteiger charge is 2.18. The highest BCUT2D eigenvalue weighted by atomic mass is 16.3. The number of aromatic amines is 1. The van der Waals surface area contributed by atoms with Crippen LogP contribution in [-0.2, 0) is 6.54 Å². The van der Waals surface area contributed by atoms with Gasteiger partial charge in [-0.15, -0.1) is 0 Å². The maximum absolute atomic E-state index is 12.1. The van der Waals surface area contributed by atoms with Crippen molar-refractivity contribution in [2.75, 3.05) is 5.73 Å². The lowest BCUT2D eigenvalue weighted by Crippen LogP contribution is -2.24. The van der Waals surface area contributed by atoms with E-state index in [1.54, 1.807) is 13.1 Å². The normalized spacial score (nSPS) is 10.6. The van der Waals surface area contributed by atoms with Crippen molar-refractivity contribution in [2.24, 2.45) is 0 Å². The van der Waals surface area contributed by atoms with Gasteiger partial charge >= 0.3 is 0 Å². The van der Waals surface area contributed by atoms with Crippen LogP contribution in [0.15, 0.2) is 10.6 Å². The summed E-state index contributed by atoms with van der Waals surface area (Å²) in [4.78, 5) is 12.1. The number of hydrogen-bond donors (Lipinski definition) is 3. The van der Waals surface area contributed by atoms with Crippen LogP contribution in [0.5, 0.6) is 0 Å². The van der Waals surface area contributed by atoms with Crippen molar-refractivity contribution in [1.82, 2.24) is 15.5 Å². The van der Waals surface area contributed by atoms with Gasteiger partial charge in [-0.1, -0.05) is 0 Å². The smallest absolute Gasteiger partial charge is 0.255 e. The molecule has 0 atom stereocenters. The number of hydrogen-bond acceptors (Lipinski definition) is 4. The Morgan fingerprint density at radius 1 is 1.44 bits per heavy atom. The fourth-order valence-electron chi connectivity index (χ4n) is 1.85. The fourth-order valence-corrected chi connectivity index (χ4v) is 1.85. The third kappa shape index (κ3) is 2.09. The van der Waals surface area contributed by atoms with E-state index in [-0.39, 0.29) is 5.91 Å². The molecule has 6 nitrogen and oxygen atoms in total. The number of aromatic nitrogens is 2. The van der Waals surface area contributed by atoms with E-state index in [0.717, 1.165) is 16.9 Å². The Hall–Kier alpha value is -2.24. The number of furan rings is 1. The second kappa shape index (κ2) is 4.56. The molecular formula is C12H16N4O2. The molecule has 0 unspecified atom stereocenters. The van der Waals surface area contributed by atoms with Gasteiger partial charge in [-0.3, -0.25) is 9.89 Å². The predicted molar refractivity (Wildman–Crippen MR) is 67.1 cm³/mol. The van der Waals surface area contributed by atoms with E-state index >= 15 is 0 Å². The Bertz CT molecular complexity index is 583. The Balaban J connectivity index is 2.11. The number of nitrogen functional groups attached to an aromatic ring is 1. The van der Waals surface area contributed by atoms with E-state index in [1.807, 2.05) is 13.8 Å². The molecule has 0 saturated heterocycles. The van der Waals surface area contributed by atoms with E-state index in [0.29, 0.717) is 23.7 Å². The first kappa shape index (κ1) is 12.2. The molecule has 1 amide bonds. The van der Waals surface area contributed by atoms with Crippen LogP contribution < -0.4 is 11.1 Å². The monoisotopic (exact) mass is 248 g/mol. The first-order chi connectivity index (χ1) is 8.50. The van der Waals surface area contributed by atoms with Crippen LogP contribution in [0.25, 0.3) is 0 Å². The Morgan fingerprint density at radius 2 is 2.17 bits per heavy atom. The van der Waals surface area contributed by atoms with Gasteiger partial charge in [-0.05, 0) is 20.8 Å². The number of H-pyrrole nitrogens is 1. The minimum atomic E-state index is -0.164. The van der Waals surface area contributed by atoms with E-state index in [4.69, 9.17) is 10.2 Å². The summed E-state index contributed by atoms with van der Waals surface area (Å²) in [5.74, 6) is 1.69. The number of nitrogens with zero attached hydrogens (tertiary/aromatic N) is 1. The summed E-state index contributed by atoms with van der Waals surface area (Å²) in [6.45, 7) is 5.82. The highest BCUT2D eigenvalue weighted by Crippen LogP contribution is 2.20. The van der Waals surface area contributed by atoms with Crippen molar-refractivity contribution in [1.29, 1.82) is 0 Å². The van der Waals surface area contributed by atoms with Crippen molar-refractivity contribution in [3.8, 4) is 0 Å². The molecular weight excluding hydrogens is 232 g/mol. The van der Waals surface area contributed by atoms with Crippen LogP contribution in [0.1, 0.15) is 33.0 Å². The molecule has 2 heterocycles. The molecule has 6 heteroatoms. The van der Waals surface area contributed by atoms with Crippen molar-refractivity contribution in [3.05, 3.63) is 34.4 Å². The summed E-state index contributed by atoms with van der Waals surface area (Å²) in [7, 11) is 0. The lowest BCUT2D eigenvalue weighted by Gasteiger charge is -2.04. The number of rotatable bonds is 3. The van der Waals surface area contributed by atoms with Crippen LogP contribution in [0.4, 0.5) is 5.82 Å². The van der Waals surface area contributed by atoms with E-state index in [2.05, 4.69) is 15.5 Å². The van der Waals surface area contributed by atoms with Gasteiger partial charge in [-0.25, -0.2) is 0 Å². The summed E-state index contributed by atoms with van der Waals surface area (Å²) in [5, 5.41) is 9.21. The van der Waals surface area contributed by atoms with Crippen LogP contribution >= 0.6 is 0 Å². The number of carbonyl (C=O) groups excluding carboxylic acids is 1. The van der Waals surface area contributed by atoms with Gasteiger partial charge in [0.2, 0.25) is 0 Å². The lowest BCUT2D eigenvalue weighted by molar-refractivity contribution is 0.0949. The Kier molecular flexibility index (Phi) is 3.10. The Labute approximate surface area is 105 Å². The number of nitrogens with one attached hydrogen (secondary N) is 2. The van der Waals surface area contributed by atoms with E-state index < -0.39 is 0 Å². The SMILES string of the molecule is Cc1oc(C)c(C(=O)NCc2cn[nH]c2N)c1C. The third-order valence-corrected chi connectivity index (χ3v) is 2.98. The van der Waals surface area contributed by atoms with Gasteiger partial charge in [0.25, 0.3) is 5.91 Å². The number of carbonyl (C=O) groups is 1. The van der Waals surface area contributed by atoms with Crippen LogP contribution in [0.2, 0.25) is 0 Å². The summed E-state index contributed by atoms with van der Waals surface area (Å²) >= 11 is 0. The third-order valence-electron chi connectivity index (χ3n) is 2.98. The maximum atomic E-state index is 12.1. The zero-order valence-electron chi connectivity index (χ0n) is 10.6. The zero-order valence-corrected chi connectivity index (χ0v) is 10.6. The Morgan fingerprint density at radius 3 is 2.67 bits per heavy atom. The second-order valence-electron chi connectivity index (χ2n) is 4.21. The molecule has 0 fully saturated rings. The van der Waals surface area contributed by atoms with Crippen LogP contribution in [0, 0.1) is 20.8 Å². The second-order valence-corrected chi connectivity index (χ2v) is 4.21. The molecule has 0 aromatic carbocycles. The first-order valence-corrected chi connectivity index (χ1v) is 5.63. The molecule has 0 bridgehead atoms. The summed E-state index contributed by atoms with van der Waals surface area (Å²) < 4.78 is 5.42.